The molecule has 0 unspecified atom stereocenters. The van der Waals surface area contributed by atoms with Crippen LogP contribution in [0.5, 0.6) is 0 Å². The molecule has 4 fully saturated rings. The van der Waals surface area contributed by atoms with Crippen LogP contribution in [0.1, 0.15) is 53.4 Å². The van der Waals surface area contributed by atoms with Gasteiger partial charge in [0.05, 0.1) is 24.4 Å². The van der Waals surface area contributed by atoms with Gasteiger partial charge in [0, 0.05) is 11.8 Å². The highest BCUT2D eigenvalue weighted by Crippen LogP contribution is 2.72. The van der Waals surface area contributed by atoms with Crippen molar-refractivity contribution >= 4 is 5.97 Å². The van der Waals surface area contributed by atoms with Gasteiger partial charge < -0.3 is 34.3 Å². The Morgan fingerprint density at radius 2 is 2.09 bits per heavy atom. The molecule has 6 aliphatic rings. The summed E-state index contributed by atoms with van der Waals surface area (Å²) in [6.45, 7) is 7.56. The molecule has 0 aromatic heterocycles. The van der Waals surface area contributed by atoms with Crippen molar-refractivity contribution in [1.82, 2.24) is 0 Å². The third-order valence-electron chi connectivity index (χ3n) is 9.30. The van der Waals surface area contributed by atoms with E-state index in [0.29, 0.717) is 12.8 Å². The first-order chi connectivity index (χ1) is 16.1. The minimum Gasteiger partial charge on any atom is -0.464 e. The summed E-state index contributed by atoms with van der Waals surface area (Å²) >= 11 is 0. The Morgan fingerprint density at radius 3 is 2.79 bits per heavy atom. The van der Waals surface area contributed by atoms with E-state index in [1.54, 1.807) is 19.3 Å². The third-order valence-corrected chi connectivity index (χ3v) is 9.30. The maximum Gasteiger partial charge on any atom is 0.313 e. The number of fused-ring (bicyclic) bond motifs is 7. The fourth-order valence-electron chi connectivity index (χ4n) is 7.28. The predicted octanol–water partition coefficient (Wildman–Crippen LogP) is 1.88. The number of epoxide rings is 2. The highest BCUT2D eigenvalue weighted by molar-refractivity contribution is 5.78. The van der Waals surface area contributed by atoms with Crippen molar-refractivity contribution in [3.8, 4) is 0 Å². The zero-order chi connectivity index (χ0) is 24.3. The van der Waals surface area contributed by atoms with Crippen LogP contribution < -0.4 is 0 Å². The Morgan fingerprint density at radius 1 is 1.32 bits per heavy atom. The maximum atomic E-state index is 13.1. The lowest BCUT2D eigenvalue weighted by atomic mass is 9.60. The number of rotatable bonds is 5. The third kappa shape index (κ3) is 2.53. The first kappa shape index (κ1) is 22.7. The number of ether oxygens (including phenoxy) is 4. The molecule has 2 aliphatic carbocycles. The van der Waals surface area contributed by atoms with Crippen LogP contribution in [-0.4, -0.2) is 68.3 Å². The Labute approximate surface area is 199 Å². The van der Waals surface area contributed by atoms with Crippen molar-refractivity contribution in [2.75, 3.05) is 0 Å². The lowest BCUT2D eigenvalue weighted by molar-refractivity contribution is -0.163. The van der Waals surface area contributed by atoms with E-state index in [9.17, 15) is 20.1 Å². The van der Waals surface area contributed by atoms with E-state index >= 15 is 0 Å². The number of esters is 1. The van der Waals surface area contributed by atoms with Gasteiger partial charge in [-0.1, -0.05) is 31.6 Å². The van der Waals surface area contributed by atoms with E-state index in [2.05, 4.69) is 6.92 Å². The van der Waals surface area contributed by atoms with Crippen LogP contribution in [-0.2, 0) is 23.7 Å². The molecule has 186 valence electrons. The van der Waals surface area contributed by atoms with Crippen LogP contribution in [0.2, 0.25) is 0 Å². The average Bonchev–Trinajstić information content (AvgIpc) is 3.66. The summed E-state index contributed by atoms with van der Waals surface area (Å²) in [5.41, 5.74) is -1.23. The lowest BCUT2D eigenvalue weighted by Crippen LogP contribution is -2.58. The minimum atomic E-state index is -1.16. The largest absolute Gasteiger partial charge is 0.464 e. The van der Waals surface area contributed by atoms with Gasteiger partial charge in [-0.15, -0.1) is 0 Å². The average molecular weight is 475 g/mol. The molecule has 0 aromatic rings. The lowest BCUT2D eigenvalue weighted by Gasteiger charge is -2.46. The Bertz CT molecular complexity index is 1020. The molecule has 0 aromatic carbocycles. The second-order valence-electron chi connectivity index (χ2n) is 11.2. The quantitative estimate of drug-likeness (QED) is 0.314. The molecule has 3 N–H and O–H groups in total. The van der Waals surface area contributed by atoms with Gasteiger partial charge >= 0.3 is 5.97 Å². The second-order valence-corrected chi connectivity index (χ2v) is 11.2. The number of hydrogen-bond donors (Lipinski definition) is 3. The van der Waals surface area contributed by atoms with Crippen LogP contribution in [0.3, 0.4) is 0 Å². The Balaban J connectivity index is 1.37. The summed E-state index contributed by atoms with van der Waals surface area (Å²) in [7, 11) is 0. The van der Waals surface area contributed by atoms with Crippen LogP contribution >= 0.6 is 0 Å². The van der Waals surface area contributed by atoms with E-state index in [0.717, 1.165) is 24.0 Å². The fourth-order valence-corrected chi connectivity index (χ4v) is 7.28. The van der Waals surface area contributed by atoms with Crippen molar-refractivity contribution in [2.24, 2.45) is 17.8 Å². The van der Waals surface area contributed by atoms with Gasteiger partial charge in [0.2, 0.25) is 0 Å². The predicted molar refractivity (Wildman–Crippen MR) is 119 cm³/mol. The number of carbonyl (C=O) groups excluding carboxylic acids is 1. The van der Waals surface area contributed by atoms with Gasteiger partial charge in [-0.05, 0) is 51.2 Å². The topological polar surface area (TPSA) is 121 Å². The van der Waals surface area contributed by atoms with Crippen molar-refractivity contribution in [2.45, 2.75) is 100 Å². The van der Waals surface area contributed by atoms with E-state index in [1.807, 2.05) is 26.0 Å². The van der Waals surface area contributed by atoms with Gasteiger partial charge in [0.15, 0.2) is 5.60 Å². The first-order valence-electron chi connectivity index (χ1n) is 12.4. The zero-order valence-corrected chi connectivity index (χ0v) is 20.1. The van der Waals surface area contributed by atoms with Crippen molar-refractivity contribution in [1.29, 1.82) is 0 Å². The van der Waals surface area contributed by atoms with Crippen molar-refractivity contribution < 1.29 is 39.1 Å². The molecule has 6 rings (SSSR count). The van der Waals surface area contributed by atoms with E-state index in [-0.39, 0.29) is 5.92 Å². The molecule has 4 heterocycles. The monoisotopic (exact) mass is 474 g/mol. The fraction of sp³-hybridized carbons (Fsp3) is 0.731. The highest BCUT2D eigenvalue weighted by Gasteiger charge is 2.92. The Hall–Kier alpha value is -1.71. The summed E-state index contributed by atoms with van der Waals surface area (Å²) in [6, 6.07) is 0. The molecule has 8 heteroatoms. The molecule has 4 aliphatic heterocycles. The molecular weight excluding hydrogens is 440 g/mol. The number of carbonyl (C=O) groups is 1. The molecule has 34 heavy (non-hydrogen) atoms. The van der Waals surface area contributed by atoms with Crippen molar-refractivity contribution in [3.05, 3.63) is 35.6 Å². The van der Waals surface area contributed by atoms with E-state index in [1.165, 1.54) is 0 Å². The molecule has 0 amide bonds. The molecule has 0 bridgehead atoms. The molecule has 8 nitrogen and oxygen atoms in total. The van der Waals surface area contributed by atoms with Crippen LogP contribution in [0.4, 0.5) is 0 Å². The standard InChI is InChI=1S/C26H34O8/c1-5-6-8-13(2)20(29)18-19-15-12-31-26(25-16(27)9-7-10-23(25,3)34-25)21(32-26)14(15)11-17(28)24(19,4)33-22(18)30/h7-9,12,14,16-21,27-29H,5-6,10-11H2,1-4H3/b13-8+/t14-,16+,17-,18-,19-,20-,21-,23+,24-,25-,26+/m0/s1. The molecule has 0 radical (unpaired) electrons. The van der Waals surface area contributed by atoms with E-state index < -0.39 is 64.8 Å². The molecule has 0 spiro atoms. The number of aliphatic hydroxyl groups is 3. The summed E-state index contributed by atoms with van der Waals surface area (Å²) in [5, 5.41) is 33.2. The van der Waals surface area contributed by atoms with Crippen molar-refractivity contribution in [3.63, 3.8) is 0 Å². The second kappa shape index (κ2) is 6.95. The SMILES string of the molecule is CCC/C=C(\C)[C@H](O)[C@H]1C(=O)O[C@@]2(C)[C@@H](O)C[C@H]3C(=CO[C@@]4([C@@]56O[C@]5(C)CC=C[C@H]6O)O[C@@H]34)[C@@H]12. The minimum absolute atomic E-state index is 0.244. The molecule has 3 saturated heterocycles. The number of aliphatic hydroxyl groups excluding tert-OH is 3. The summed E-state index contributed by atoms with van der Waals surface area (Å²) in [5.74, 6) is -3.30. The van der Waals surface area contributed by atoms with Gasteiger partial charge in [0.25, 0.3) is 5.79 Å². The highest BCUT2D eigenvalue weighted by atomic mass is 16.8. The first-order valence-corrected chi connectivity index (χ1v) is 12.4. The Kier molecular flexibility index (Phi) is 4.64. The summed E-state index contributed by atoms with van der Waals surface area (Å²) in [6.07, 6.45) is 6.66. The summed E-state index contributed by atoms with van der Waals surface area (Å²) < 4.78 is 24.4. The summed E-state index contributed by atoms with van der Waals surface area (Å²) in [4.78, 5) is 13.1. The van der Waals surface area contributed by atoms with Crippen LogP contribution in [0.15, 0.2) is 35.6 Å². The molecule has 1 saturated carbocycles. The van der Waals surface area contributed by atoms with E-state index in [4.69, 9.17) is 18.9 Å². The zero-order valence-electron chi connectivity index (χ0n) is 20.1. The normalized spacial score (nSPS) is 53.4. The smallest absolute Gasteiger partial charge is 0.313 e. The maximum absolute atomic E-state index is 13.1. The van der Waals surface area contributed by atoms with Crippen LogP contribution in [0.25, 0.3) is 0 Å². The van der Waals surface area contributed by atoms with Gasteiger partial charge in [-0.25, -0.2) is 0 Å². The number of allylic oxidation sites excluding steroid dienone is 1. The number of unbranched alkanes of at least 4 members (excludes halogenated alkanes) is 1. The van der Waals surface area contributed by atoms with Gasteiger partial charge in [-0.2, -0.15) is 0 Å². The molecule has 11 atom stereocenters. The van der Waals surface area contributed by atoms with Crippen LogP contribution in [0, 0.1) is 17.8 Å². The van der Waals surface area contributed by atoms with Gasteiger partial charge in [-0.3, -0.25) is 4.79 Å². The molecular formula is C26H34O8. The van der Waals surface area contributed by atoms with Gasteiger partial charge in [0.1, 0.15) is 23.4 Å². The number of hydrogen-bond acceptors (Lipinski definition) is 8.